The van der Waals surface area contributed by atoms with Crippen molar-refractivity contribution < 1.29 is 14.6 Å². The molecule has 1 aromatic carbocycles. The van der Waals surface area contributed by atoms with Crippen molar-refractivity contribution in [2.24, 2.45) is 0 Å². The molecule has 1 saturated heterocycles. The fraction of sp³-hybridized carbons (Fsp3) is 0.500. The van der Waals surface area contributed by atoms with Gasteiger partial charge in [-0.05, 0) is 44.5 Å². The Morgan fingerprint density at radius 1 is 1.44 bits per heavy atom. The molecule has 0 aliphatic carbocycles. The fourth-order valence-corrected chi connectivity index (χ4v) is 2.35. The highest BCUT2D eigenvalue weighted by atomic mass is 16.5. The predicted octanol–water partition coefficient (Wildman–Crippen LogP) is 2.31. The number of hydrogen-bond donors (Lipinski definition) is 1. The van der Waals surface area contributed by atoms with Gasteiger partial charge in [0.1, 0.15) is 0 Å². The maximum absolute atomic E-state index is 10.9. The van der Waals surface area contributed by atoms with Crippen LogP contribution in [0.25, 0.3) is 0 Å². The number of nitrogens with zero attached hydrogens (tertiary/aromatic N) is 1. The van der Waals surface area contributed by atoms with Crippen molar-refractivity contribution in [3.63, 3.8) is 0 Å². The minimum Gasteiger partial charge on any atom is -0.478 e. The molecule has 2 unspecified atom stereocenters. The maximum atomic E-state index is 10.9. The van der Waals surface area contributed by atoms with Gasteiger partial charge in [-0.1, -0.05) is 0 Å². The Bertz CT molecular complexity index is 458. The quantitative estimate of drug-likeness (QED) is 0.873. The van der Waals surface area contributed by atoms with Crippen LogP contribution in [0.3, 0.4) is 0 Å². The van der Waals surface area contributed by atoms with Gasteiger partial charge in [-0.25, -0.2) is 4.79 Å². The summed E-state index contributed by atoms with van der Waals surface area (Å²) in [5, 5.41) is 8.97. The van der Waals surface area contributed by atoms with Gasteiger partial charge in [0, 0.05) is 18.3 Å². The number of rotatable bonds is 2. The lowest BCUT2D eigenvalue weighted by Gasteiger charge is -2.39. The first-order valence-corrected chi connectivity index (χ1v) is 6.21. The molecule has 2 atom stereocenters. The lowest BCUT2D eigenvalue weighted by molar-refractivity contribution is 0.0343. The monoisotopic (exact) mass is 249 g/mol. The molecule has 2 rings (SSSR count). The fourth-order valence-electron chi connectivity index (χ4n) is 2.35. The highest BCUT2D eigenvalue weighted by Gasteiger charge is 2.24. The normalized spacial score (nSPS) is 24.1. The van der Waals surface area contributed by atoms with Gasteiger partial charge in [0.25, 0.3) is 0 Å². The van der Waals surface area contributed by atoms with Crippen LogP contribution < -0.4 is 4.90 Å². The van der Waals surface area contributed by atoms with Gasteiger partial charge in [0.05, 0.1) is 18.3 Å². The Labute approximate surface area is 107 Å². The molecular formula is C14H19NO3. The van der Waals surface area contributed by atoms with E-state index in [1.54, 1.807) is 12.1 Å². The number of carboxylic acid groups (broad SMARTS) is 1. The van der Waals surface area contributed by atoms with E-state index in [1.807, 2.05) is 13.0 Å². The van der Waals surface area contributed by atoms with Gasteiger partial charge in [0.15, 0.2) is 0 Å². The predicted molar refractivity (Wildman–Crippen MR) is 70.4 cm³/mol. The average molecular weight is 249 g/mol. The summed E-state index contributed by atoms with van der Waals surface area (Å²) >= 11 is 0. The third kappa shape index (κ3) is 2.48. The second-order valence-electron chi connectivity index (χ2n) is 4.95. The summed E-state index contributed by atoms with van der Waals surface area (Å²) in [5.74, 6) is -0.881. The molecule has 1 N–H and O–H groups in total. The molecule has 4 heteroatoms. The highest BCUT2D eigenvalue weighted by molar-refractivity contribution is 5.88. The van der Waals surface area contributed by atoms with E-state index in [-0.39, 0.29) is 6.10 Å². The van der Waals surface area contributed by atoms with E-state index in [0.29, 0.717) is 18.2 Å². The lowest BCUT2D eigenvalue weighted by atomic mass is 10.1. The van der Waals surface area contributed by atoms with Crippen LogP contribution in [0.2, 0.25) is 0 Å². The van der Waals surface area contributed by atoms with Crippen LogP contribution in [0.15, 0.2) is 18.2 Å². The van der Waals surface area contributed by atoms with Crippen molar-refractivity contribution in [2.45, 2.75) is 32.9 Å². The zero-order valence-electron chi connectivity index (χ0n) is 11.0. The number of carbonyl (C=O) groups is 1. The third-order valence-corrected chi connectivity index (χ3v) is 3.36. The molecule has 0 radical (unpaired) electrons. The van der Waals surface area contributed by atoms with Crippen molar-refractivity contribution in [1.29, 1.82) is 0 Å². The van der Waals surface area contributed by atoms with E-state index < -0.39 is 5.97 Å². The first kappa shape index (κ1) is 12.9. The van der Waals surface area contributed by atoms with Crippen LogP contribution in [-0.2, 0) is 4.74 Å². The van der Waals surface area contributed by atoms with Crippen LogP contribution in [0.1, 0.15) is 29.8 Å². The first-order chi connectivity index (χ1) is 8.49. The Morgan fingerprint density at radius 2 is 2.17 bits per heavy atom. The molecule has 0 spiro atoms. The summed E-state index contributed by atoms with van der Waals surface area (Å²) in [6.07, 6.45) is 0.208. The lowest BCUT2D eigenvalue weighted by Crippen LogP contribution is -2.47. The maximum Gasteiger partial charge on any atom is 0.335 e. The molecule has 98 valence electrons. The van der Waals surface area contributed by atoms with Crippen LogP contribution >= 0.6 is 0 Å². The largest absolute Gasteiger partial charge is 0.478 e. The van der Waals surface area contributed by atoms with Crippen LogP contribution in [-0.4, -0.2) is 36.4 Å². The summed E-state index contributed by atoms with van der Waals surface area (Å²) in [6.45, 7) is 7.68. The summed E-state index contributed by atoms with van der Waals surface area (Å²) in [4.78, 5) is 13.2. The molecule has 0 amide bonds. The number of aromatic carboxylic acids is 1. The molecule has 1 heterocycles. The van der Waals surface area contributed by atoms with Crippen molar-refractivity contribution >= 4 is 11.7 Å². The second kappa shape index (κ2) is 4.98. The van der Waals surface area contributed by atoms with Crippen LogP contribution in [0, 0.1) is 6.92 Å². The number of carboxylic acids is 1. The van der Waals surface area contributed by atoms with Gasteiger partial charge in [-0.3, -0.25) is 0 Å². The Morgan fingerprint density at radius 3 is 2.78 bits per heavy atom. The summed E-state index contributed by atoms with van der Waals surface area (Å²) in [7, 11) is 0. The third-order valence-electron chi connectivity index (χ3n) is 3.36. The van der Waals surface area contributed by atoms with Gasteiger partial charge in [-0.15, -0.1) is 0 Å². The highest BCUT2D eigenvalue weighted by Crippen LogP contribution is 2.26. The molecular weight excluding hydrogens is 230 g/mol. The molecule has 1 fully saturated rings. The first-order valence-electron chi connectivity index (χ1n) is 6.21. The van der Waals surface area contributed by atoms with E-state index >= 15 is 0 Å². The molecule has 0 aromatic heterocycles. The topological polar surface area (TPSA) is 49.8 Å². The minimum atomic E-state index is -0.881. The van der Waals surface area contributed by atoms with Crippen LogP contribution in [0.5, 0.6) is 0 Å². The van der Waals surface area contributed by atoms with E-state index in [4.69, 9.17) is 9.84 Å². The number of benzene rings is 1. The summed E-state index contributed by atoms with van der Waals surface area (Å²) in [5.41, 5.74) is 2.43. The summed E-state index contributed by atoms with van der Waals surface area (Å²) in [6, 6.07) is 5.60. The molecule has 4 nitrogen and oxygen atoms in total. The van der Waals surface area contributed by atoms with Crippen molar-refractivity contribution in [3.8, 4) is 0 Å². The smallest absolute Gasteiger partial charge is 0.335 e. The Hall–Kier alpha value is -1.55. The van der Waals surface area contributed by atoms with E-state index in [9.17, 15) is 4.79 Å². The number of aryl methyl sites for hydroxylation is 1. The number of ether oxygens (including phenoxy) is 1. The molecule has 0 saturated carbocycles. The van der Waals surface area contributed by atoms with Gasteiger partial charge >= 0.3 is 5.97 Å². The standard InChI is InChI=1S/C14H19NO3/c1-9-6-12(14(16)17)4-5-13(9)15-7-11(3)18-8-10(15)2/h4-6,10-11H,7-8H2,1-3H3,(H,16,17). The molecule has 0 bridgehead atoms. The van der Waals surface area contributed by atoms with Gasteiger partial charge in [0.2, 0.25) is 0 Å². The number of morpholine rings is 1. The van der Waals surface area contributed by atoms with Gasteiger partial charge < -0.3 is 14.7 Å². The van der Waals surface area contributed by atoms with Crippen molar-refractivity contribution in [3.05, 3.63) is 29.3 Å². The van der Waals surface area contributed by atoms with Crippen LogP contribution in [0.4, 0.5) is 5.69 Å². The SMILES string of the molecule is Cc1cc(C(=O)O)ccc1N1CC(C)OCC1C. The zero-order chi connectivity index (χ0) is 13.3. The molecule has 1 aromatic rings. The van der Waals surface area contributed by atoms with E-state index in [1.165, 1.54) is 0 Å². The molecule has 18 heavy (non-hydrogen) atoms. The molecule has 1 aliphatic heterocycles. The Balaban J connectivity index is 2.30. The molecule has 1 aliphatic rings. The van der Waals surface area contributed by atoms with Gasteiger partial charge in [-0.2, -0.15) is 0 Å². The van der Waals surface area contributed by atoms with Crippen molar-refractivity contribution in [1.82, 2.24) is 0 Å². The second-order valence-corrected chi connectivity index (χ2v) is 4.95. The minimum absolute atomic E-state index is 0.208. The zero-order valence-corrected chi connectivity index (χ0v) is 11.0. The number of anilines is 1. The summed E-state index contributed by atoms with van der Waals surface area (Å²) < 4.78 is 5.61. The Kier molecular flexibility index (Phi) is 3.57. The number of hydrogen-bond acceptors (Lipinski definition) is 3. The van der Waals surface area contributed by atoms with Crippen molar-refractivity contribution in [2.75, 3.05) is 18.1 Å². The van der Waals surface area contributed by atoms with E-state index in [0.717, 1.165) is 17.8 Å². The average Bonchev–Trinajstić information content (AvgIpc) is 2.32. The van der Waals surface area contributed by atoms with E-state index in [2.05, 4.69) is 18.7 Å².